The second-order valence-corrected chi connectivity index (χ2v) is 5.87. The highest BCUT2D eigenvalue weighted by atomic mass is 19.4. The first-order chi connectivity index (χ1) is 10.9. The maximum Gasteiger partial charge on any atom is 0.573 e. The third-order valence-electron chi connectivity index (χ3n) is 4.23. The van der Waals surface area contributed by atoms with Gasteiger partial charge in [0.1, 0.15) is 5.75 Å². The van der Waals surface area contributed by atoms with Crippen LogP contribution in [0.2, 0.25) is 0 Å². The third kappa shape index (κ3) is 4.04. The zero-order valence-electron chi connectivity index (χ0n) is 12.3. The summed E-state index contributed by atoms with van der Waals surface area (Å²) in [4.78, 5) is 14.0. The first kappa shape index (κ1) is 15.9. The Balaban J connectivity index is 1.56. The predicted octanol–water partition coefficient (Wildman–Crippen LogP) is 2.28. The molecule has 2 fully saturated rings. The van der Waals surface area contributed by atoms with Gasteiger partial charge in [0, 0.05) is 32.3 Å². The smallest absolute Gasteiger partial charge is 0.406 e. The van der Waals surface area contributed by atoms with E-state index in [9.17, 15) is 18.0 Å². The first-order valence-corrected chi connectivity index (χ1v) is 7.44. The van der Waals surface area contributed by atoms with Crippen LogP contribution in [0.25, 0.3) is 6.08 Å². The molecule has 124 valence electrons. The quantitative estimate of drug-likeness (QED) is 0.867. The molecule has 2 atom stereocenters. The molecule has 3 rings (SSSR count). The summed E-state index contributed by atoms with van der Waals surface area (Å²) in [5.74, 6) is 0.730. The van der Waals surface area contributed by atoms with Crippen LogP contribution in [0.4, 0.5) is 13.2 Å². The summed E-state index contributed by atoms with van der Waals surface area (Å²) >= 11 is 0. The average molecular weight is 326 g/mol. The molecule has 1 aromatic carbocycles. The Bertz CT molecular complexity index is 586. The molecule has 0 bridgehead atoms. The number of amides is 1. The summed E-state index contributed by atoms with van der Waals surface area (Å²) in [6.45, 7) is 3.44. The lowest BCUT2D eigenvalue weighted by atomic mass is 10.0. The Labute approximate surface area is 131 Å². The fourth-order valence-corrected chi connectivity index (χ4v) is 3.09. The van der Waals surface area contributed by atoms with E-state index in [0.717, 1.165) is 26.2 Å². The number of benzene rings is 1. The molecule has 0 spiro atoms. The van der Waals surface area contributed by atoms with Crippen LogP contribution >= 0.6 is 0 Å². The molecule has 1 N–H and O–H groups in total. The maximum atomic E-state index is 12.1. The van der Waals surface area contributed by atoms with E-state index in [1.165, 1.54) is 30.3 Å². The molecule has 0 saturated carbocycles. The van der Waals surface area contributed by atoms with Crippen molar-refractivity contribution in [2.75, 3.05) is 26.2 Å². The maximum absolute atomic E-state index is 12.1. The van der Waals surface area contributed by atoms with Crippen molar-refractivity contribution in [3.8, 4) is 5.75 Å². The van der Waals surface area contributed by atoms with E-state index < -0.39 is 6.36 Å². The van der Waals surface area contributed by atoms with E-state index in [-0.39, 0.29) is 11.7 Å². The van der Waals surface area contributed by atoms with Gasteiger partial charge in [0.2, 0.25) is 5.91 Å². The molecule has 0 radical (unpaired) electrons. The fourth-order valence-electron chi connectivity index (χ4n) is 3.09. The largest absolute Gasteiger partial charge is 0.573 e. The van der Waals surface area contributed by atoms with Crippen molar-refractivity contribution in [3.05, 3.63) is 35.9 Å². The number of nitrogens with zero attached hydrogens (tertiary/aromatic N) is 1. The zero-order chi connectivity index (χ0) is 16.4. The van der Waals surface area contributed by atoms with Gasteiger partial charge in [0.25, 0.3) is 0 Å². The molecule has 4 nitrogen and oxygen atoms in total. The number of rotatable bonds is 3. The lowest BCUT2D eigenvalue weighted by Gasteiger charge is -2.15. The van der Waals surface area contributed by atoms with E-state index in [1.54, 1.807) is 6.08 Å². The number of carbonyl (C=O) groups is 1. The van der Waals surface area contributed by atoms with E-state index >= 15 is 0 Å². The number of fused-ring (bicyclic) bond motifs is 1. The van der Waals surface area contributed by atoms with Crippen molar-refractivity contribution in [2.24, 2.45) is 11.8 Å². The third-order valence-corrected chi connectivity index (χ3v) is 4.23. The summed E-state index contributed by atoms with van der Waals surface area (Å²) in [5.41, 5.74) is 0.647. The van der Waals surface area contributed by atoms with Crippen molar-refractivity contribution >= 4 is 12.0 Å². The van der Waals surface area contributed by atoms with E-state index in [4.69, 9.17) is 0 Å². The second kappa shape index (κ2) is 6.23. The lowest BCUT2D eigenvalue weighted by molar-refractivity contribution is -0.274. The van der Waals surface area contributed by atoms with Crippen LogP contribution in [0.1, 0.15) is 5.56 Å². The second-order valence-electron chi connectivity index (χ2n) is 5.87. The molecule has 0 unspecified atom stereocenters. The van der Waals surface area contributed by atoms with Crippen molar-refractivity contribution in [1.29, 1.82) is 0 Å². The van der Waals surface area contributed by atoms with Crippen molar-refractivity contribution in [2.45, 2.75) is 6.36 Å². The summed E-state index contributed by atoms with van der Waals surface area (Å²) in [5, 5.41) is 3.32. The molecule has 2 saturated heterocycles. The Morgan fingerprint density at radius 2 is 1.78 bits per heavy atom. The summed E-state index contributed by atoms with van der Waals surface area (Å²) in [6, 6.07) is 5.41. The van der Waals surface area contributed by atoms with Crippen molar-refractivity contribution in [3.63, 3.8) is 0 Å². The highest BCUT2D eigenvalue weighted by Crippen LogP contribution is 2.26. The number of hydrogen-bond acceptors (Lipinski definition) is 3. The van der Waals surface area contributed by atoms with Crippen LogP contribution in [0.15, 0.2) is 30.3 Å². The average Bonchev–Trinajstić information content (AvgIpc) is 3.05. The minimum absolute atomic E-state index is 0.0602. The topological polar surface area (TPSA) is 41.6 Å². The van der Waals surface area contributed by atoms with Crippen LogP contribution in [0.3, 0.4) is 0 Å². The number of halogens is 3. The Morgan fingerprint density at radius 1 is 1.17 bits per heavy atom. The number of alkyl halides is 3. The summed E-state index contributed by atoms with van der Waals surface area (Å²) in [7, 11) is 0. The summed E-state index contributed by atoms with van der Waals surface area (Å²) in [6.07, 6.45) is -1.63. The fraction of sp³-hybridized carbons (Fsp3) is 0.438. The number of nitrogens with one attached hydrogen (secondary N) is 1. The molecule has 7 heteroatoms. The van der Waals surface area contributed by atoms with Crippen LogP contribution in [0, 0.1) is 11.8 Å². The van der Waals surface area contributed by atoms with Crippen LogP contribution in [-0.4, -0.2) is 43.3 Å². The van der Waals surface area contributed by atoms with Crippen LogP contribution < -0.4 is 10.1 Å². The Kier molecular flexibility index (Phi) is 4.30. The molecule has 0 aliphatic carbocycles. The molecular weight excluding hydrogens is 309 g/mol. The molecular formula is C16H17F3N2O2. The molecule has 2 aliphatic rings. The van der Waals surface area contributed by atoms with Gasteiger partial charge in [0.15, 0.2) is 0 Å². The normalized spacial score (nSPS) is 24.2. The molecule has 2 heterocycles. The molecule has 2 aliphatic heterocycles. The van der Waals surface area contributed by atoms with E-state index in [0.29, 0.717) is 17.4 Å². The number of carbonyl (C=O) groups excluding carboxylic acids is 1. The SMILES string of the molecule is O=C(/C=C/c1ccc(OC(F)(F)F)cc1)N1C[C@H]2CNC[C@H]2C1. The highest BCUT2D eigenvalue weighted by Gasteiger charge is 2.37. The zero-order valence-corrected chi connectivity index (χ0v) is 12.3. The number of likely N-dealkylation sites (tertiary alicyclic amines) is 1. The van der Waals surface area contributed by atoms with Gasteiger partial charge < -0.3 is 15.0 Å². The Hall–Kier alpha value is -2.02. The first-order valence-electron chi connectivity index (χ1n) is 7.44. The van der Waals surface area contributed by atoms with Gasteiger partial charge in [-0.1, -0.05) is 12.1 Å². The molecule has 1 amide bonds. The number of hydrogen-bond donors (Lipinski definition) is 1. The van der Waals surface area contributed by atoms with Gasteiger partial charge in [-0.25, -0.2) is 0 Å². The molecule has 0 aromatic heterocycles. The summed E-state index contributed by atoms with van der Waals surface area (Å²) < 4.78 is 40.0. The van der Waals surface area contributed by atoms with Crippen LogP contribution in [-0.2, 0) is 4.79 Å². The van der Waals surface area contributed by atoms with Gasteiger partial charge in [-0.3, -0.25) is 4.79 Å². The Morgan fingerprint density at radius 3 is 2.35 bits per heavy atom. The lowest BCUT2D eigenvalue weighted by Crippen LogP contribution is -2.30. The minimum Gasteiger partial charge on any atom is -0.406 e. The van der Waals surface area contributed by atoms with E-state index in [2.05, 4.69) is 10.1 Å². The van der Waals surface area contributed by atoms with Crippen molar-refractivity contribution in [1.82, 2.24) is 10.2 Å². The van der Waals surface area contributed by atoms with Crippen LogP contribution in [0.5, 0.6) is 5.75 Å². The van der Waals surface area contributed by atoms with Gasteiger partial charge in [-0.05, 0) is 35.6 Å². The van der Waals surface area contributed by atoms with Gasteiger partial charge in [0.05, 0.1) is 0 Å². The highest BCUT2D eigenvalue weighted by molar-refractivity contribution is 5.92. The number of ether oxygens (including phenoxy) is 1. The monoisotopic (exact) mass is 326 g/mol. The molecule has 23 heavy (non-hydrogen) atoms. The predicted molar refractivity (Wildman–Crippen MR) is 78.6 cm³/mol. The minimum atomic E-state index is -4.70. The van der Waals surface area contributed by atoms with Gasteiger partial charge >= 0.3 is 6.36 Å². The van der Waals surface area contributed by atoms with Crippen molar-refractivity contribution < 1.29 is 22.7 Å². The van der Waals surface area contributed by atoms with Gasteiger partial charge in [-0.2, -0.15) is 0 Å². The standard InChI is InChI=1S/C16H17F3N2O2/c17-16(18,19)23-14-4-1-11(2-5-14)3-6-15(22)21-9-12-7-20-8-13(12)10-21/h1-6,12-13,20H,7-10H2/b6-3+/t12-,13+. The molecule has 1 aromatic rings. The van der Waals surface area contributed by atoms with Gasteiger partial charge in [-0.15, -0.1) is 13.2 Å². The van der Waals surface area contributed by atoms with E-state index in [1.807, 2.05) is 4.90 Å².